The van der Waals surface area contributed by atoms with E-state index in [4.69, 9.17) is 9.47 Å². The van der Waals surface area contributed by atoms with Gasteiger partial charge in [-0.1, -0.05) is 12.1 Å². The van der Waals surface area contributed by atoms with Crippen LogP contribution in [0, 0.1) is 10.1 Å². The number of imidazole rings is 1. The molecule has 0 aliphatic carbocycles. The average Bonchev–Trinajstić information content (AvgIpc) is 3.36. The van der Waals surface area contributed by atoms with E-state index in [0.29, 0.717) is 51.6 Å². The van der Waals surface area contributed by atoms with E-state index in [0.717, 1.165) is 11.1 Å². The summed E-state index contributed by atoms with van der Waals surface area (Å²) in [5.41, 5.74) is 1.02. The predicted molar refractivity (Wildman–Crippen MR) is 130 cm³/mol. The minimum atomic E-state index is -4.74. The summed E-state index contributed by atoms with van der Waals surface area (Å²) < 4.78 is 54.4. The van der Waals surface area contributed by atoms with Crippen molar-refractivity contribution in [3.8, 4) is 11.8 Å². The maximum Gasteiger partial charge on any atom is 0.573 e. The van der Waals surface area contributed by atoms with Gasteiger partial charge in [-0.2, -0.15) is 0 Å². The van der Waals surface area contributed by atoms with Crippen molar-refractivity contribution >= 4 is 11.8 Å². The maximum atomic E-state index is 12.5. The molecule has 39 heavy (non-hydrogen) atoms. The number of hydrogen-bond donors (Lipinski definition) is 1. The summed E-state index contributed by atoms with van der Waals surface area (Å²) in [6.07, 6.45) is 1.30. The molecule has 3 aromatic rings. The van der Waals surface area contributed by atoms with Crippen LogP contribution < -0.4 is 19.7 Å². The first-order chi connectivity index (χ1) is 18.6. The van der Waals surface area contributed by atoms with E-state index < -0.39 is 16.9 Å². The van der Waals surface area contributed by atoms with Gasteiger partial charge in [-0.25, -0.2) is 9.97 Å². The smallest absolute Gasteiger partial charge is 0.444 e. The summed E-state index contributed by atoms with van der Waals surface area (Å²) in [4.78, 5) is 25.3. The van der Waals surface area contributed by atoms with Gasteiger partial charge in [-0.3, -0.25) is 4.57 Å². The van der Waals surface area contributed by atoms with Crippen LogP contribution in [0.5, 0.6) is 11.8 Å². The third kappa shape index (κ3) is 6.04. The van der Waals surface area contributed by atoms with Crippen LogP contribution in [0.15, 0.2) is 42.9 Å². The molecule has 0 bridgehead atoms. The van der Waals surface area contributed by atoms with Crippen LogP contribution in [-0.4, -0.2) is 63.7 Å². The molecule has 0 radical (unpaired) electrons. The number of benzene rings is 1. The summed E-state index contributed by atoms with van der Waals surface area (Å²) in [7, 11) is 1.60. The van der Waals surface area contributed by atoms with Crippen LogP contribution in [0.4, 0.5) is 24.9 Å². The van der Waals surface area contributed by atoms with E-state index in [-0.39, 0.29) is 23.6 Å². The summed E-state index contributed by atoms with van der Waals surface area (Å²) in [5, 5.41) is 14.3. The highest BCUT2D eigenvalue weighted by molar-refractivity contribution is 5.36. The van der Waals surface area contributed by atoms with Crippen LogP contribution >= 0.6 is 0 Å². The fourth-order valence-corrected chi connectivity index (χ4v) is 4.81. The lowest BCUT2D eigenvalue weighted by molar-refractivity contribution is -0.389. The predicted octanol–water partition coefficient (Wildman–Crippen LogP) is 3.17. The molecule has 1 saturated heterocycles. The molecule has 2 aromatic heterocycles. The number of alkyl halides is 3. The summed E-state index contributed by atoms with van der Waals surface area (Å²) in [6.45, 7) is 2.51. The van der Waals surface area contributed by atoms with Crippen molar-refractivity contribution in [1.29, 1.82) is 0 Å². The molecule has 208 valence electrons. The van der Waals surface area contributed by atoms with Gasteiger partial charge in [0.2, 0.25) is 5.95 Å². The molecule has 15 heteroatoms. The van der Waals surface area contributed by atoms with Gasteiger partial charge in [0.1, 0.15) is 18.6 Å². The zero-order chi connectivity index (χ0) is 27.6. The standard InChI is InChI=1S/C24H26F3N7O5/c1-37-23(17-2-4-19(5-3-17)39-24(25,26)27)6-8-32(9-7-23)21-29-11-16(12-30-21)10-28-18-13-33-14-20(34(35)36)31-22(33)38-15-18/h2-5,11-12,14,18,28H,6-10,13,15H2,1H3. The summed E-state index contributed by atoms with van der Waals surface area (Å²) in [5.74, 6) is 0.0571. The van der Waals surface area contributed by atoms with Crippen LogP contribution in [0.2, 0.25) is 0 Å². The number of anilines is 1. The third-order valence-corrected chi connectivity index (χ3v) is 6.89. The Bertz CT molecular complexity index is 1290. The Hall–Kier alpha value is -3.98. The lowest BCUT2D eigenvalue weighted by Gasteiger charge is -2.41. The Morgan fingerprint density at radius 3 is 2.51 bits per heavy atom. The summed E-state index contributed by atoms with van der Waals surface area (Å²) >= 11 is 0. The lowest BCUT2D eigenvalue weighted by Crippen LogP contribution is -2.44. The summed E-state index contributed by atoms with van der Waals surface area (Å²) in [6, 6.07) is 5.96. The number of fused-ring (bicyclic) bond motifs is 1. The SMILES string of the molecule is COC1(c2ccc(OC(F)(F)F)cc2)CCN(c2ncc(CNC3COc4nc([N+](=O)[O-])cn4C3)cn2)CC1. The van der Waals surface area contributed by atoms with E-state index in [1.54, 1.807) is 36.2 Å². The number of methoxy groups -OCH3 is 1. The van der Waals surface area contributed by atoms with Crippen molar-refractivity contribution in [1.82, 2.24) is 24.8 Å². The van der Waals surface area contributed by atoms with Crippen molar-refractivity contribution in [3.63, 3.8) is 0 Å². The Kier molecular flexibility index (Phi) is 7.27. The molecule has 0 saturated carbocycles. The molecule has 1 N–H and O–H groups in total. The molecule has 1 aromatic carbocycles. The van der Waals surface area contributed by atoms with Gasteiger partial charge in [0, 0.05) is 56.2 Å². The maximum absolute atomic E-state index is 12.5. The largest absolute Gasteiger partial charge is 0.573 e. The van der Waals surface area contributed by atoms with Crippen LogP contribution in [0.3, 0.4) is 0 Å². The van der Waals surface area contributed by atoms with Crippen molar-refractivity contribution in [2.24, 2.45) is 0 Å². The number of nitro groups is 1. The Morgan fingerprint density at radius 2 is 1.90 bits per heavy atom. The van der Waals surface area contributed by atoms with Crippen molar-refractivity contribution in [2.75, 3.05) is 31.7 Å². The molecule has 5 rings (SSSR count). The molecule has 2 aliphatic rings. The van der Waals surface area contributed by atoms with E-state index in [1.165, 1.54) is 18.3 Å². The van der Waals surface area contributed by atoms with Crippen LogP contribution in [0.1, 0.15) is 24.0 Å². The van der Waals surface area contributed by atoms with Gasteiger partial charge in [0.25, 0.3) is 0 Å². The normalized spacial score (nSPS) is 18.8. The highest BCUT2D eigenvalue weighted by atomic mass is 19.4. The number of hydrogen-bond acceptors (Lipinski definition) is 10. The van der Waals surface area contributed by atoms with Gasteiger partial charge in [-0.15, -0.1) is 13.2 Å². The monoisotopic (exact) mass is 549 g/mol. The molecule has 1 unspecified atom stereocenters. The number of piperidine rings is 1. The highest BCUT2D eigenvalue weighted by Crippen LogP contribution is 2.38. The number of halogens is 3. The Balaban J connectivity index is 1.14. The van der Waals surface area contributed by atoms with Crippen LogP contribution in [-0.2, 0) is 23.4 Å². The Morgan fingerprint density at radius 1 is 1.21 bits per heavy atom. The second kappa shape index (κ2) is 10.6. The highest BCUT2D eigenvalue weighted by Gasteiger charge is 2.37. The number of aromatic nitrogens is 4. The average molecular weight is 550 g/mol. The van der Waals surface area contributed by atoms with Crippen molar-refractivity contribution in [2.45, 2.75) is 43.9 Å². The Labute approximate surface area is 220 Å². The fourth-order valence-electron chi connectivity index (χ4n) is 4.81. The minimum absolute atomic E-state index is 0.0654. The van der Waals surface area contributed by atoms with E-state index >= 15 is 0 Å². The van der Waals surface area contributed by atoms with E-state index in [1.807, 2.05) is 4.90 Å². The number of rotatable bonds is 8. The number of nitrogens with one attached hydrogen (secondary N) is 1. The topological polar surface area (TPSA) is 130 Å². The first kappa shape index (κ1) is 26.6. The first-order valence-corrected chi connectivity index (χ1v) is 12.2. The molecular weight excluding hydrogens is 523 g/mol. The molecule has 0 amide bonds. The minimum Gasteiger partial charge on any atom is -0.444 e. The lowest BCUT2D eigenvalue weighted by atomic mass is 9.84. The second-order valence-corrected chi connectivity index (χ2v) is 9.33. The zero-order valence-electron chi connectivity index (χ0n) is 20.9. The molecule has 1 fully saturated rings. The van der Waals surface area contributed by atoms with Gasteiger partial charge in [0.05, 0.1) is 11.6 Å². The number of nitrogens with zero attached hydrogens (tertiary/aromatic N) is 6. The first-order valence-electron chi connectivity index (χ1n) is 12.2. The molecule has 1 atom stereocenters. The van der Waals surface area contributed by atoms with Gasteiger partial charge >= 0.3 is 18.2 Å². The quantitative estimate of drug-likeness (QED) is 0.330. The molecule has 12 nitrogen and oxygen atoms in total. The number of ether oxygens (including phenoxy) is 3. The van der Waals surface area contributed by atoms with Crippen molar-refractivity contribution in [3.05, 3.63) is 64.1 Å². The third-order valence-electron chi connectivity index (χ3n) is 6.89. The van der Waals surface area contributed by atoms with E-state index in [9.17, 15) is 23.3 Å². The van der Waals surface area contributed by atoms with Gasteiger partial charge in [-0.05, 0) is 35.5 Å². The molecule has 2 aliphatic heterocycles. The molecule has 0 spiro atoms. The van der Waals surface area contributed by atoms with Gasteiger partial charge < -0.3 is 34.5 Å². The zero-order valence-corrected chi connectivity index (χ0v) is 20.9. The van der Waals surface area contributed by atoms with Crippen LogP contribution in [0.25, 0.3) is 0 Å². The molecular formula is C24H26F3N7O5. The second-order valence-electron chi connectivity index (χ2n) is 9.33. The molecule has 4 heterocycles. The van der Waals surface area contributed by atoms with Gasteiger partial charge in [0.15, 0.2) is 0 Å². The fraction of sp³-hybridized carbons (Fsp3) is 0.458. The van der Waals surface area contributed by atoms with Crippen molar-refractivity contribution < 1.29 is 32.3 Å². The van der Waals surface area contributed by atoms with E-state index in [2.05, 4.69) is 25.0 Å².